The second kappa shape index (κ2) is 5.70. The van der Waals surface area contributed by atoms with E-state index in [2.05, 4.69) is 17.2 Å². The molecule has 3 heteroatoms. The Labute approximate surface area is 89.4 Å². The van der Waals surface area contributed by atoms with Gasteiger partial charge in [-0.1, -0.05) is 11.8 Å². The van der Waals surface area contributed by atoms with Crippen molar-refractivity contribution in [3.63, 3.8) is 0 Å². The third-order valence-electron chi connectivity index (χ3n) is 1.85. The van der Waals surface area contributed by atoms with Crippen molar-refractivity contribution in [2.45, 2.75) is 6.42 Å². The lowest BCUT2D eigenvalue weighted by Gasteiger charge is -1.95. The molecule has 1 aromatic rings. The lowest BCUT2D eigenvalue weighted by atomic mass is 10.1. The number of phenols is 1. The molecule has 1 aromatic carbocycles. The maximum absolute atomic E-state index is 9.26. The maximum Gasteiger partial charge on any atom is 0.133 e. The Kier molecular flexibility index (Phi) is 4.22. The second-order valence-electron chi connectivity index (χ2n) is 3.00. The Morgan fingerprint density at radius 1 is 1.47 bits per heavy atom. The van der Waals surface area contributed by atoms with Crippen LogP contribution in [0.1, 0.15) is 17.5 Å². The van der Waals surface area contributed by atoms with E-state index in [4.69, 9.17) is 5.26 Å². The molecule has 0 aromatic heterocycles. The minimum Gasteiger partial charge on any atom is -0.507 e. The lowest BCUT2D eigenvalue weighted by molar-refractivity contribution is 0.473. The van der Waals surface area contributed by atoms with Gasteiger partial charge in [-0.25, -0.2) is 0 Å². The molecule has 0 unspecified atom stereocenters. The highest BCUT2D eigenvalue weighted by Crippen LogP contribution is 2.16. The van der Waals surface area contributed by atoms with Crippen LogP contribution in [0.3, 0.4) is 0 Å². The van der Waals surface area contributed by atoms with Crippen LogP contribution in [-0.4, -0.2) is 18.7 Å². The summed E-state index contributed by atoms with van der Waals surface area (Å²) in [5.74, 6) is 5.90. The number of aromatic hydroxyl groups is 1. The minimum atomic E-state index is -0.00160. The minimum absolute atomic E-state index is 0.00160. The van der Waals surface area contributed by atoms with Gasteiger partial charge in [-0.15, -0.1) is 0 Å². The van der Waals surface area contributed by atoms with Gasteiger partial charge in [0.25, 0.3) is 0 Å². The predicted octanol–water partition coefficient (Wildman–Crippen LogP) is 1.22. The van der Waals surface area contributed by atoms with Crippen LogP contribution in [0.25, 0.3) is 0 Å². The standard InChI is InChI=1S/C12H12N2O/c1-14-7-3-2-4-10-5-6-12(15)11(8-10)9-13/h5-6,8,14-15H,3,7H2,1H3. The molecule has 1 rings (SSSR count). The normalized spacial score (nSPS) is 8.80. The van der Waals surface area contributed by atoms with E-state index in [-0.39, 0.29) is 11.3 Å². The van der Waals surface area contributed by atoms with E-state index in [9.17, 15) is 5.11 Å². The number of hydrogen-bond acceptors (Lipinski definition) is 3. The van der Waals surface area contributed by atoms with Crippen LogP contribution in [0.2, 0.25) is 0 Å². The summed E-state index contributed by atoms with van der Waals surface area (Å²) in [5.41, 5.74) is 1.01. The van der Waals surface area contributed by atoms with E-state index in [1.54, 1.807) is 12.1 Å². The molecule has 0 amide bonds. The Balaban J connectivity index is 2.78. The summed E-state index contributed by atoms with van der Waals surface area (Å²) >= 11 is 0. The lowest BCUT2D eigenvalue weighted by Crippen LogP contribution is -2.05. The zero-order valence-electron chi connectivity index (χ0n) is 8.54. The summed E-state index contributed by atoms with van der Waals surface area (Å²) in [4.78, 5) is 0. The van der Waals surface area contributed by atoms with Gasteiger partial charge < -0.3 is 10.4 Å². The molecule has 0 saturated carbocycles. The first-order valence-electron chi connectivity index (χ1n) is 4.64. The fraction of sp³-hybridized carbons (Fsp3) is 0.250. The molecule has 0 spiro atoms. The van der Waals surface area contributed by atoms with Gasteiger partial charge >= 0.3 is 0 Å². The number of nitrogens with zero attached hydrogens (tertiary/aromatic N) is 1. The Hall–Kier alpha value is -1.97. The molecule has 0 atom stereocenters. The maximum atomic E-state index is 9.26. The molecule has 2 N–H and O–H groups in total. The average Bonchev–Trinajstić information content (AvgIpc) is 2.26. The van der Waals surface area contributed by atoms with E-state index < -0.39 is 0 Å². The van der Waals surface area contributed by atoms with Gasteiger partial charge in [0, 0.05) is 18.5 Å². The van der Waals surface area contributed by atoms with Gasteiger partial charge in [-0.3, -0.25) is 0 Å². The Morgan fingerprint density at radius 3 is 2.93 bits per heavy atom. The molecule has 0 aliphatic heterocycles. The predicted molar refractivity (Wildman–Crippen MR) is 58.2 cm³/mol. The zero-order valence-corrected chi connectivity index (χ0v) is 8.54. The van der Waals surface area contributed by atoms with Crippen LogP contribution < -0.4 is 5.32 Å². The summed E-state index contributed by atoms with van der Waals surface area (Å²) in [6.07, 6.45) is 0.763. The first kappa shape index (κ1) is 11.1. The molecule has 0 heterocycles. The third kappa shape index (κ3) is 3.34. The van der Waals surface area contributed by atoms with Crippen molar-refractivity contribution in [1.29, 1.82) is 5.26 Å². The van der Waals surface area contributed by atoms with Crippen LogP contribution >= 0.6 is 0 Å². The van der Waals surface area contributed by atoms with Crippen molar-refractivity contribution in [3.8, 4) is 23.7 Å². The number of hydrogen-bond donors (Lipinski definition) is 2. The average molecular weight is 200 g/mol. The molecule has 15 heavy (non-hydrogen) atoms. The summed E-state index contributed by atoms with van der Waals surface area (Å²) in [5, 5.41) is 20.9. The summed E-state index contributed by atoms with van der Waals surface area (Å²) < 4.78 is 0. The van der Waals surface area contributed by atoms with Gasteiger partial charge in [0.1, 0.15) is 11.8 Å². The topological polar surface area (TPSA) is 56.0 Å². The van der Waals surface area contributed by atoms with Crippen molar-refractivity contribution in [2.75, 3.05) is 13.6 Å². The quantitative estimate of drug-likeness (QED) is 0.557. The van der Waals surface area contributed by atoms with Gasteiger partial charge in [0.15, 0.2) is 0 Å². The van der Waals surface area contributed by atoms with E-state index in [1.807, 2.05) is 13.1 Å². The van der Waals surface area contributed by atoms with Gasteiger partial charge in [-0.05, 0) is 25.2 Å². The van der Waals surface area contributed by atoms with Crippen molar-refractivity contribution < 1.29 is 5.11 Å². The van der Waals surface area contributed by atoms with Crippen LogP contribution in [0, 0.1) is 23.2 Å². The van der Waals surface area contributed by atoms with Gasteiger partial charge in [0.05, 0.1) is 5.56 Å². The third-order valence-corrected chi connectivity index (χ3v) is 1.85. The molecule has 0 radical (unpaired) electrons. The van der Waals surface area contributed by atoms with Gasteiger partial charge in [-0.2, -0.15) is 5.26 Å². The number of rotatable bonds is 2. The molecule has 76 valence electrons. The Morgan fingerprint density at radius 2 is 2.27 bits per heavy atom. The molecule has 0 bridgehead atoms. The highest BCUT2D eigenvalue weighted by molar-refractivity contribution is 5.49. The fourth-order valence-electron chi connectivity index (χ4n) is 1.06. The molecular formula is C12H12N2O. The smallest absolute Gasteiger partial charge is 0.133 e. The van der Waals surface area contributed by atoms with Crippen LogP contribution in [0.5, 0.6) is 5.75 Å². The first-order valence-corrected chi connectivity index (χ1v) is 4.64. The molecular weight excluding hydrogens is 188 g/mol. The van der Waals surface area contributed by atoms with Crippen LogP contribution in [0.15, 0.2) is 18.2 Å². The van der Waals surface area contributed by atoms with Crippen LogP contribution in [0.4, 0.5) is 0 Å². The number of nitrogens with one attached hydrogen (secondary N) is 1. The van der Waals surface area contributed by atoms with E-state index in [1.165, 1.54) is 6.07 Å². The monoisotopic (exact) mass is 200 g/mol. The second-order valence-corrected chi connectivity index (χ2v) is 3.00. The highest BCUT2D eigenvalue weighted by atomic mass is 16.3. The molecule has 3 nitrogen and oxygen atoms in total. The number of nitriles is 1. The first-order chi connectivity index (χ1) is 7.27. The summed E-state index contributed by atoms with van der Waals surface area (Å²) in [7, 11) is 1.87. The van der Waals surface area contributed by atoms with Crippen LogP contribution in [-0.2, 0) is 0 Å². The van der Waals surface area contributed by atoms with Crippen molar-refractivity contribution >= 4 is 0 Å². The molecule has 0 saturated heterocycles. The SMILES string of the molecule is CNCCC#Cc1ccc(O)c(C#N)c1. The van der Waals surface area contributed by atoms with E-state index in [0.29, 0.717) is 0 Å². The highest BCUT2D eigenvalue weighted by Gasteiger charge is 1.99. The van der Waals surface area contributed by atoms with Crippen molar-refractivity contribution in [3.05, 3.63) is 29.3 Å². The van der Waals surface area contributed by atoms with E-state index >= 15 is 0 Å². The Bertz CT molecular complexity index is 435. The number of phenolic OH excluding ortho intramolecular Hbond substituents is 1. The van der Waals surface area contributed by atoms with Gasteiger partial charge in [0.2, 0.25) is 0 Å². The van der Waals surface area contributed by atoms with Crippen molar-refractivity contribution in [1.82, 2.24) is 5.32 Å². The fourth-order valence-corrected chi connectivity index (χ4v) is 1.06. The molecule has 0 aliphatic carbocycles. The van der Waals surface area contributed by atoms with E-state index in [0.717, 1.165) is 18.5 Å². The number of benzene rings is 1. The molecule has 0 aliphatic rings. The summed E-state index contributed by atoms with van der Waals surface area (Å²) in [6, 6.07) is 6.68. The summed E-state index contributed by atoms with van der Waals surface area (Å²) in [6.45, 7) is 0.843. The zero-order chi connectivity index (χ0) is 11.1. The van der Waals surface area contributed by atoms with Crippen molar-refractivity contribution in [2.24, 2.45) is 0 Å². The molecule has 0 fully saturated rings. The largest absolute Gasteiger partial charge is 0.507 e.